The van der Waals surface area contributed by atoms with E-state index >= 15 is 0 Å². The number of rotatable bonds is 5. The Labute approximate surface area is 106 Å². The number of thioether (sulfide) groups is 1. The van der Waals surface area contributed by atoms with Crippen molar-refractivity contribution >= 4 is 11.8 Å². The topological polar surface area (TPSA) is 15.3 Å². The minimum Gasteiger partial charge on any atom is -0.311 e. The lowest BCUT2D eigenvalue weighted by Gasteiger charge is -2.25. The third-order valence-corrected chi connectivity index (χ3v) is 4.26. The predicted octanol–water partition coefficient (Wildman–Crippen LogP) is 2.59. The van der Waals surface area contributed by atoms with Crippen molar-refractivity contribution in [2.24, 2.45) is 0 Å². The van der Waals surface area contributed by atoms with E-state index in [1.807, 2.05) is 11.8 Å². The van der Waals surface area contributed by atoms with E-state index in [2.05, 4.69) is 37.2 Å². The Morgan fingerprint density at radius 3 is 2.62 bits per heavy atom. The maximum absolute atomic E-state index is 3.77. The molecule has 0 bridgehead atoms. The third kappa shape index (κ3) is 5.07. The summed E-state index contributed by atoms with van der Waals surface area (Å²) in [6.07, 6.45) is 6.20. The number of hydrogen-bond donors (Lipinski definition) is 1. The van der Waals surface area contributed by atoms with Gasteiger partial charge in [0.25, 0.3) is 0 Å². The van der Waals surface area contributed by atoms with Crippen LogP contribution in [0.25, 0.3) is 0 Å². The molecule has 1 rings (SSSR count). The minimum absolute atomic E-state index is 0.658. The molecule has 0 amide bonds. The van der Waals surface area contributed by atoms with Crippen molar-refractivity contribution in [2.75, 3.05) is 25.1 Å². The zero-order valence-electron chi connectivity index (χ0n) is 11.3. The lowest BCUT2D eigenvalue weighted by atomic mass is 10.1. The maximum Gasteiger partial charge on any atom is 0.0132 e. The van der Waals surface area contributed by atoms with Gasteiger partial charge >= 0.3 is 0 Å². The molecule has 2 unspecified atom stereocenters. The average molecular weight is 244 g/mol. The first-order chi connectivity index (χ1) is 7.63. The van der Waals surface area contributed by atoms with Crippen molar-refractivity contribution in [1.82, 2.24) is 10.2 Å². The van der Waals surface area contributed by atoms with E-state index in [9.17, 15) is 0 Å². The summed E-state index contributed by atoms with van der Waals surface area (Å²) in [5.74, 6) is 1.23. The van der Waals surface area contributed by atoms with E-state index < -0.39 is 0 Å². The van der Waals surface area contributed by atoms with Gasteiger partial charge in [-0.25, -0.2) is 0 Å². The summed E-state index contributed by atoms with van der Waals surface area (Å²) >= 11 is 1.94. The first-order valence-electron chi connectivity index (χ1n) is 6.62. The molecule has 1 N–H and O–H groups in total. The summed E-state index contributed by atoms with van der Waals surface area (Å²) in [5.41, 5.74) is 0. The van der Waals surface area contributed by atoms with Gasteiger partial charge in [0.15, 0.2) is 0 Å². The van der Waals surface area contributed by atoms with Gasteiger partial charge in [-0.15, -0.1) is 0 Å². The van der Waals surface area contributed by atoms with Gasteiger partial charge in [-0.1, -0.05) is 0 Å². The van der Waals surface area contributed by atoms with E-state index in [1.165, 1.54) is 38.1 Å². The molecular formula is C13H28N2S. The van der Waals surface area contributed by atoms with E-state index in [0.29, 0.717) is 12.1 Å². The van der Waals surface area contributed by atoms with Crippen LogP contribution in [0.1, 0.15) is 40.0 Å². The van der Waals surface area contributed by atoms with Crippen LogP contribution in [0.15, 0.2) is 0 Å². The molecule has 1 heterocycles. The smallest absolute Gasteiger partial charge is 0.0132 e. The van der Waals surface area contributed by atoms with Gasteiger partial charge < -0.3 is 10.2 Å². The standard InChI is InChI=1S/C13H28N2S/c1-11(2)15-8-5-6-13(7-9-15)14-12(3)10-16-4/h11-14H,5-10H2,1-4H3. The van der Waals surface area contributed by atoms with Crippen molar-refractivity contribution < 1.29 is 0 Å². The number of nitrogens with zero attached hydrogens (tertiary/aromatic N) is 1. The van der Waals surface area contributed by atoms with Crippen LogP contribution < -0.4 is 5.32 Å². The summed E-state index contributed by atoms with van der Waals surface area (Å²) in [6.45, 7) is 9.48. The van der Waals surface area contributed by atoms with Crippen LogP contribution in [-0.2, 0) is 0 Å². The number of likely N-dealkylation sites (tertiary alicyclic amines) is 1. The van der Waals surface area contributed by atoms with Gasteiger partial charge in [-0.2, -0.15) is 11.8 Å². The zero-order valence-corrected chi connectivity index (χ0v) is 12.1. The molecule has 1 saturated heterocycles. The average Bonchev–Trinajstić information content (AvgIpc) is 2.43. The van der Waals surface area contributed by atoms with Crippen molar-refractivity contribution in [3.8, 4) is 0 Å². The van der Waals surface area contributed by atoms with E-state index in [4.69, 9.17) is 0 Å². The van der Waals surface area contributed by atoms with Gasteiger partial charge in [0.2, 0.25) is 0 Å². The summed E-state index contributed by atoms with van der Waals surface area (Å²) in [7, 11) is 0. The van der Waals surface area contributed by atoms with Crippen LogP contribution in [0.4, 0.5) is 0 Å². The molecule has 0 aromatic rings. The second-order valence-electron chi connectivity index (χ2n) is 5.28. The molecule has 0 aromatic carbocycles. The number of hydrogen-bond acceptors (Lipinski definition) is 3. The first kappa shape index (κ1) is 14.3. The maximum atomic E-state index is 3.77. The molecule has 2 atom stereocenters. The summed E-state index contributed by atoms with van der Waals surface area (Å²) in [6, 6.07) is 2.11. The van der Waals surface area contributed by atoms with Crippen molar-refractivity contribution in [3.05, 3.63) is 0 Å². The van der Waals surface area contributed by atoms with Gasteiger partial charge in [-0.05, 0) is 59.4 Å². The van der Waals surface area contributed by atoms with Crippen LogP contribution in [-0.4, -0.2) is 48.1 Å². The fourth-order valence-electron chi connectivity index (χ4n) is 2.50. The van der Waals surface area contributed by atoms with Crippen molar-refractivity contribution in [3.63, 3.8) is 0 Å². The predicted molar refractivity (Wildman–Crippen MR) is 75.3 cm³/mol. The Morgan fingerprint density at radius 1 is 1.25 bits per heavy atom. The monoisotopic (exact) mass is 244 g/mol. The first-order valence-corrected chi connectivity index (χ1v) is 8.02. The minimum atomic E-state index is 0.658. The fraction of sp³-hybridized carbons (Fsp3) is 1.00. The summed E-state index contributed by atoms with van der Waals surface area (Å²) < 4.78 is 0. The molecule has 0 aromatic heterocycles. The molecule has 0 spiro atoms. The van der Waals surface area contributed by atoms with Crippen molar-refractivity contribution in [2.45, 2.75) is 58.2 Å². The van der Waals surface area contributed by atoms with Gasteiger partial charge in [-0.3, -0.25) is 0 Å². The second-order valence-corrected chi connectivity index (χ2v) is 6.19. The molecule has 16 heavy (non-hydrogen) atoms. The Hall–Kier alpha value is 0.270. The van der Waals surface area contributed by atoms with Crippen LogP contribution in [0.2, 0.25) is 0 Å². The highest BCUT2D eigenvalue weighted by Crippen LogP contribution is 2.14. The highest BCUT2D eigenvalue weighted by atomic mass is 32.2. The van der Waals surface area contributed by atoms with Crippen molar-refractivity contribution in [1.29, 1.82) is 0 Å². The van der Waals surface area contributed by atoms with Crippen LogP contribution in [0.5, 0.6) is 0 Å². The molecule has 1 fully saturated rings. The van der Waals surface area contributed by atoms with E-state index in [0.717, 1.165) is 6.04 Å². The highest BCUT2D eigenvalue weighted by molar-refractivity contribution is 7.98. The lowest BCUT2D eigenvalue weighted by molar-refractivity contribution is 0.228. The third-order valence-electron chi connectivity index (χ3n) is 3.43. The lowest BCUT2D eigenvalue weighted by Crippen LogP contribution is -2.39. The Bertz CT molecular complexity index is 185. The van der Waals surface area contributed by atoms with Gasteiger partial charge in [0, 0.05) is 23.9 Å². The second kappa shape index (κ2) is 7.57. The molecule has 96 valence electrons. The SMILES string of the molecule is CSCC(C)NC1CCCN(C(C)C)CC1. The zero-order chi connectivity index (χ0) is 12.0. The van der Waals surface area contributed by atoms with Crippen LogP contribution >= 0.6 is 11.8 Å². The fourth-order valence-corrected chi connectivity index (χ4v) is 3.10. The Morgan fingerprint density at radius 2 is 2.00 bits per heavy atom. The molecule has 1 aliphatic heterocycles. The normalized spacial score (nSPS) is 25.7. The summed E-state index contributed by atoms with van der Waals surface area (Å²) in [4.78, 5) is 2.61. The molecule has 0 aliphatic carbocycles. The van der Waals surface area contributed by atoms with E-state index in [1.54, 1.807) is 0 Å². The largest absolute Gasteiger partial charge is 0.311 e. The van der Waals surface area contributed by atoms with Crippen LogP contribution in [0, 0.1) is 0 Å². The van der Waals surface area contributed by atoms with Gasteiger partial charge in [0.05, 0.1) is 0 Å². The molecule has 0 saturated carbocycles. The Kier molecular flexibility index (Phi) is 6.78. The van der Waals surface area contributed by atoms with Gasteiger partial charge in [0.1, 0.15) is 0 Å². The number of nitrogens with one attached hydrogen (secondary N) is 1. The molecule has 3 heteroatoms. The molecule has 1 aliphatic rings. The quantitative estimate of drug-likeness (QED) is 0.800. The Balaban J connectivity index is 2.29. The van der Waals surface area contributed by atoms with Crippen LogP contribution in [0.3, 0.4) is 0 Å². The molecule has 0 radical (unpaired) electrons. The highest BCUT2D eigenvalue weighted by Gasteiger charge is 2.19. The molecular weight excluding hydrogens is 216 g/mol. The summed E-state index contributed by atoms with van der Waals surface area (Å²) in [5, 5.41) is 3.77. The van der Waals surface area contributed by atoms with E-state index in [-0.39, 0.29) is 0 Å². The molecule has 2 nitrogen and oxygen atoms in total.